The molecule has 1 fully saturated rings. The fourth-order valence-corrected chi connectivity index (χ4v) is 1.15. The van der Waals surface area contributed by atoms with Crippen molar-refractivity contribution in [1.82, 2.24) is 9.97 Å². The van der Waals surface area contributed by atoms with Crippen molar-refractivity contribution in [3.8, 4) is 0 Å². The Morgan fingerprint density at radius 1 is 1.46 bits per heavy atom. The number of hydrogen-bond donors (Lipinski definition) is 1. The van der Waals surface area contributed by atoms with Gasteiger partial charge in [-0.05, 0) is 0 Å². The molecule has 5 nitrogen and oxygen atoms in total. The molecule has 0 radical (unpaired) electrons. The van der Waals surface area contributed by atoms with E-state index in [0.29, 0.717) is 24.7 Å². The number of hydrogen-bond acceptors (Lipinski definition) is 4. The summed E-state index contributed by atoms with van der Waals surface area (Å²) in [7, 11) is 0. The minimum atomic E-state index is -0.260. The van der Waals surface area contributed by atoms with Crippen LogP contribution in [0.3, 0.4) is 0 Å². The largest absolute Gasteiger partial charge is 0.389 e. The molecular formula is C8H8N4O. The van der Waals surface area contributed by atoms with Crippen molar-refractivity contribution in [3.63, 3.8) is 0 Å². The van der Waals surface area contributed by atoms with Crippen LogP contribution in [0.15, 0.2) is 12.4 Å². The minimum absolute atomic E-state index is 0.260. The van der Waals surface area contributed by atoms with Crippen LogP contribution >= 0.6 is 0 Å². The molecule has 66 valence electrons. The van der Waals surface area contributed by atoms with E-state index in [9.17, 15) is 0 Å². The minimum Gasteiger partial charge on any atom is -0.389 e. The standard InChI is InChI=1S/C8H8N4O/c1-9-6-2-10-8(11-3-6)12-4-7(13)5-12/h2-3,7,13H,4-5H2. The van der Waals surface area contributed by atoms with E-state index in [4.69, 9.17) is 11.7 Å². The molecule has 1 aliphatic rings. The maximum atomic E-state index is 9.03. The summed E-state index contributed by atoms with van der Waals surface area (Å²) in [6, 6.07) is 0. The Hall–Kier alpha value is -1.67. The molecule has 0 bridgehead atoms. The summed E-state index contributed by atoms with van der Waals surface area (Å²) >= 11 is 0. The van der Waals surface area contributed by atoms with E-state index in [1.165, 1.54) is 12.4 Å². The zero-order chi connectivity index (χ0) is 9.26. The molecule has 1 aromatic heterocycles. The second-order valence-electron chi connectivity index (χ2n) is 2.91. The Bertz CT molecular complexity index is 336. The normalized spacial score (nSPS) is 16.5. The number of β-amino-alcohol motifs (C(OH)–C–C–N with tert-alkyl or cyclic N) is 1. The molecule has 0 spiro atoms. The van der Waals surface area contributed by atoms with Crippen LogP contribution in [0, 0.1) is 6.57 Å². The molecule has 0 aromatic carbocycles. The number of aliphatic hydroxyl groups is 1. The van der Waals surface area contributed by atoms with E-state index in [1.54, 1.807) is 0 Å². The van der Waals surface area contributed by atoms with Crippen LogP contribution in [-0.2, 0) is 0 Å². The van der Waals surface area contributed by atoms with E-state index >= 15 is 0 Å². The number of anilines is 1. The lowest BCUT2D eigenvalue weighted by atomic mass is 10.2. The number of aromatic nitrogens is 2. The highest BCUT2D eigenvalue weighted by atomic mass is 16.3. The van der Waals surface area contributed by atoms with Gasteiger partial charge in [0.05, 0.1) is 12.7 Å². The van der Waals surface area contributed by atoms with Crippen LogP contribution in [0.4, 0.5) is 11.6 Å². The Labute approximate surface area is 75.5 Å². The van der Waals surface area contributed by atoms with Crippen molar-refractivity contribution in [2.75, 3.05) is 18.0 Å². The van der Waals surface area contributed by atoms with Crippen LogP contribution in [0.25, 0.3) is 4.85 Å². The Morgan fingerprint density at radius 3 is 2.54 bits per heavy atom. The zero-order valence-electron chi connectivity index (χ0n) is 6.88. The number of aliphatic hydroxyl groups excluding tert-OH is 1. The monoisotopic (exact) mass is 176 g/mol. The molecule has 13 heavy (non-hydrogen) atoms. The van der Waals surface area contributed by atoms with Crippen molar-refractivity contribution < 1.29 is 5.11 Å². The highest BCUT2D eigenvalue weighted by Gasteiger charge is 2.26. The van der Waals surface area contributed by atoms with Gasteiger partial charge in [0.1, 0.15) is 0 Å². The predicted molar refractivity (Wildman–Crippen MR) is 46.5 cm³/mol. The SMILES string of the molecule is [C-]#[N+]c1cnc(N2CC(O)C2)nc1. The van der Waals surface area contributed by atoms with Crippen molar-refractivity contribution in [2.45, 2.75) is 6.10 Å². The van der Waals surface area contributed by atoms with Gasteiger partial charge in [-0.15, -0.1) is 0 Å². The molecule has 0 amide bonds. The van der Waals surface area contributed by atoms with E-state index in [2.05, 4.69) is 14.8 Å². The third kappa shape index (κ3) is 1.44. The maximum Gasteiger partial charge on any atom is 0.223 e. The van der Waals surface area contributed by atoms with E-state index in [1.807, 2.05) is 4.90 Å². The van der Waals surface area contributed by atoms with Gasteiger partial charge < -0.3 is 10.0 Å². The molecule has 0 saturated carbocycles. The highest BCUT2D eigenvalue weighted by Crippen LogP contribution is 2.17. The third-order valence-electron chi connectivity index (χ3n) is 1.90. The van der Waals surface area contributed by atoms with Gasteiger partial charge in [-0.2, -0.15) is 0 Å². The lowest BCUT2D eigenvalue weighted by molar-refractivity contribution is 0.140. The van der Waals surface area contributed by atoms with Crippen molar-refractivity contribution in [1.29, 1.82) is 0 Å². The highest BCUT2D eigenvalue weighted by molar-refractivity contribution is 5.44. The van der Waals surface area contributed by atoms with Gasteiger partial charge in [0.2, 0.25) is 11.6 Å². The fraction of sp³-hybridized carbons (Fsp3) is 0.375. The molecule has 1 saturated heterocycles. The summed E-state index contributed by atoms with van der Waals surface area (Å²) in [5.41, 5.74) is 0.435. The second-order valence-corrected chi connectivity index (χ2v) is 2.91. The first-order valence-corrected chi connectivity index (χ1v) is 3.92. The summed E-state index contributed by atoms with van der Waals surface area (Å²) < 4.78 is 0. The Balaban J connectivity index is 2.11. The molecule has 0 unspecified atom stereocenters. The van der Waals surface area contributed by atoms with Gasteiger partial charge >= 0.3 is 0 Å². The first-order chi connectivity index (χ1) is 6.29. The number of nitrogens with zero attached hydrogens (tertiary/aromatic N) is 4. The number of rotatable bonds is 1. The van der Waals surface area contributed by atoms with Crippen LogP contribution in [0.5, 0.6) is 0 Å². The van der Waals surface area contributed by atoms with Gasteiger partial charge in [0, 0.05) is 25.5 Å². The molecule has 0 aliphatic carbocycles. The Morgan fingerprint density at radius 2 is 2.08 bits per heavy atom. The molecule has 1 aliphatic heterocycles. The van der Waals surface area contributed by atoms with E-state index in [0.717, 1.165) is 0 Å². The first-order valence-electron chi connectivity index (χ1n) is 3.92. The summed E-state index contributed by atoms with van der Waals surface area (Å²) in [6.45, 7) is 7.87. The fourth-order valence-electron chi connectivity index (χ4n) is 1.15. The summed E-state index contributed by atoms with van der Waals surface area (Å²) in [4.78, 5) is 13.0. The molecule has 5 heteroatoms. The molecule has 1 aromatic rings. The van der Waals surface area contributed by atoms with Crippen molar-refractivity contribution in [3.05, 3.63) is 23.8 Å². The first kappa shape index (κ1) is 7.95. The molecule has 1 N–H and O–H groups in total. The predicted octanol–water partition coefficient (Wildman–Crippen LogP) is 0.208. The van der Waals surface area contributed by atoms with Crippen molar-refractivity contribution >= 4 is 11.6 Å². The second kappa shape index (κ2) is 2.99. The molecular weight excluding hydrogens is 168 g/mol. The van der Waals surface area contributed by atoms with Crippen molar-refractivity contribution in [2.24, 2.45) is 0 Å². The maximum absolute atomic E-state index is 9.03. The average Bonchev–Trinajstić information content (AvgIpc) is 2.13. The van der Waals surface area contributed by atoms with Gasteiger partial charge in [-0.3, -0.25) is 0 Å². The van der Waals surface area contributed by atoms with Gasteiger partial charge in [0.25, 0.3) is 0 Å². The summed E-state index contributed by atoms with van der Waals surface area (Å²) in [5, 5.41) is 9.03. The van der Waals surface area contributed by atoms with Crippen LogP contribution < -0.4 is 4.90 Å². The molecule has 0 atom stereocenters. The van der Waals surface area contributed by atoms with Crippen LogP contribution in [-0.4, -0.2) is 34.3 Å². The van der Waals surface area contributed by atoms with E-state index < -0.39 is 0 Å². The lowest BCUT2D eigenvalue weighted by Gasteiger charge is -2.35. The molecule has 2 heterocycles. The van der Waals surface area contributed by atoms with Gasteiger partial charge in [0.15, 0.2) is 0 Å². The topological polar surface area (TPSA) is 53.6 Å². The average molecular weight is 176 g/mol. The smallest absolute Gasteiger partial charge is 0.223 e. The quantitative estimate of drug-likeness (QED) is 0.621. The van der Waals surface area contributed by atoms with Gasteiger partial charge in [-0.25, -0.2) is 14.8 Å². The van der Waals surface area contributed by atoms with E-state index in [-0.39, 0.29) is 6.10 Å². The summed E-state index contributed by atoms with van der Waals surface area (Å²) in [6.07, 6.45) is 2.71. The van der Waals surface area contributed by atoms with Gasteiger partial charge in [-0.1, -0.05) is 0 Å². The lowest BCUT2D eigenvalue weighted by Crippen LogP contribution is -2.51. The van der Waals surface area contributed by atoms with Crippen LogP contribution in [0.1, 0.15) is 0 Å². The zero-order valence-corrected chi connectivity index (χ0v) is 6.88. The molecule has 2 rings (SSSR count). The van der Waals surface area contributed by atoms with Crippen LogP contribution in [0.2, 0.25) is 0 Å². The third-order valence-corrected chi connectivity index (χ3v) is 1.90. The Kier molecular flexibility index (Phi) is 1.83. The summed E-state index contributed by atoms with van der Waals surface area (Å²) in [5.74, 6) is 0.581.